The van der Waals surface area contributed by atoms with Gasteiger partial charge in [0.2, 0.25) is 5.91 Å². The largest absolute Gasteiger partial charge is 0.370 e. The first-order valence-electron chi connectivity index (χ1n) is 5.83. The Morgan fingerprint density at radius 2 is 2.11 bits per heavy atom. The van der Waals surface area contributed by atoms with Crippen LogP contribution in [0.4, 0.5) is 5.69 Å². The minimum atomic E-state index is 0. The van der Waals surface area contributed by atoms with Crippen LogP contribution in [-0.4, -0.2) is 37.4 Å². The van der Waals surface area contributed by atoms with E-state index in [0.717, 1.165) is 11.3 Å². The number of hydrogen-bond acceptors (Lipinski definition) is 2. The van der Waals surface area contributed by atoms with Crippen LogP contribution in [0.25, 0.3) is 0 Å². The maximum atomic E-state index is 11.3. The molecule has 0 unspecified atom stereocenters. The van der Waals surface area contributed by atoms with Gasteiger partial charge in [-0.15, -0.1) is 24.0 Å². The molecule has 1 amide bonds. The van der Waals surface area contributed by atoms with Crippen molar-refractivity contribution in [3.05, 3.63) is 29.8 Å². The summed E-state index contributed by atoms with van der Waals surface area (Å²) in [5.41, 5.74) is 7.78. The van der Waals surface area contributed by atoms with Gasteiger partial charge in [-0.05, 0) is 24.6 Å². The Bertz CT molecular complexity index is 446. The first-order chi connectivity index (χ1) is 8.49. The van der Waals surface area contributed by atoms with E-state index in [1.165, 1.54) is 0 Å². The predicted octanol–water partition coefficient (Wildman–Crippen LogP) is 1.82. The fourth-order valence-corrected chi connectivity index (χ4v) is 1.41. The fraction of sp³-hybridized carbons (Fsp3) is 0.385. The second-order valence-corrected chi connectivity index (χ2v) is 4.30. The van der Waals surface area contributed by atoms with Gasteiger partial charge in [0.05, 0.1) is 6.54 Å². The number of benzene rings is 1. The van der Waals surface area contributed by atoms with Crippen LogP contribution in [0.2, 0.25) is 0 Å². The summed E-state index contributed by atoms with van der Waals surface area (Å²) in [6, 6.07) is 7.85. The maximum Gasteiger partial charge on any atom is 0.223 e. The van der Waals surface area contributed by atoms with E-state index in [-0.39, 0.29) is 29.9 Å². The van der Waals surface area contributed by atoms with E-state index in [0.29, 0.717) is 18.9 Å². The Hall–Kier alpha value is -1.31. The van der Waals surface area contributed by atoms with E-state index in [4.69, 9.17) is 5.73 Å². The molecule has 6 heteroatoms. The van der Waals surface area contributed by atoms with Crippen molar-refractivity contribution in [2.45, 2.75) is 13.3 Å². The summed E-state index contributed by atoms with van der Waals surface area (Å²) in [5, 5.41) is 2.99. The van der Waals surface area contributed by atoms with E-state index in [1.807, 2.05) is 31.2 Å². The third kappa shape index (κ3) is 7.00. The molecule has 0 heterocycles. The van der Waals surface area contributed by atoms with Crippen LogP contribution in [0.15, 0.2) is 29.3 Å². The molecule has 0 fully saturated rings. The number of nitrogens with zero attached hydrogens (tertiary/aromatic N) is 2. The molecule has 1 rings (SSSR count). The number of carbonyl (C=O) groups is 1. The lowest BCUT2D eigenvalue weighted by molar-refractivity contribution is -0.128. The molecule has 0 aromatic heterocycles. The average Bonchev–Trinajstić information content (AvgIpc) is 2.28. The van der Waals surface area contributed by atoms with E-state index in [1.54, 1.807) is 19.0 Å². The van der Waals surface area contributed by atoms with Gasteiger partial charge < -0.3 is 16.0 Å². The number of hydrogen-bond donors (Lipinski definition) is 2. The summed E-state index contributed by atoms with van der Waals surface area (Å²) in [6.45, 7) is 2.40. The molecule has 106 valence electrons. The van der Waals surface area contributed by atoms with Gasteiger partial charge in [-0.3, -0.25) is 9.79 Å². The topological polar surface area (TPSA) is 70.7 Å². The van der Waals surface area contributed by atoms with Crippen LogP contribution < -0.4 is 11.1 Å². The zero-order valence-corrected chi connectivity index (χ0v) is 13.8. The molecular formula is C13H21IN4O. The second-order valence-electron chi connectivity index (χ2n) is 4.30. The third-order valence-electron chi connectivity index (χ3n) is 2.40. The Labute approximate surface area is 131 Å². The number of carbonyl (C=O) groups excluding carboxylic acids is 1. The number of anilines is 1. The van der Waals surface area contributed by atoms with Crippen molar-refractivity contribution in [1.29, 1.82) is 0 Å². The van der Waals surface area contributed by atoms with Gasteiger partial charge in [0.15, 0.2) is 5.96 Å². The van der Waals surface area contributed by atoms with Crippen LogP contribution in [0, 0.1) is 6.92 Å². The van der Waals surface area contributed by atoms with Crippen LogP contribution in [0.1, 0.15) is 12.0 Å². The highest BCUT2D eigenvalue weighted by Gasteiger charge is 2.02. The number of aryl methyl sites for hydroxylation is 1. The van der Waals surface area contributed by atoms with Gasteiger partial charge in [-0.2, -0.15) is 0 Å². The smallest absolute Gasteiger partial charge is 0.223 e. The molecule has 0 atom stereocenters. The SMILES string of the molecule is Cc1cccc(NC(N)=NCCC(=O)N(C)C)c1.I. The van der Waals surface area contributed by atoms with Crippen molar-refractivity contribution >= 4 is 41.5 Å². The molecule has 1 aromatic rings. The molecule has 0 spiro atoms. The van der Waals surface area contributed by atoms with Crippen LogP contribution in [-0.2, 0) is 4.79 Å². The van der Waals surface area contributed by atoms with Crippen LogP contribution >= 0.6 is 24.0 Å². The number of halogens is 1. The van der Waals surface area contributed by atoms with Crippen molar-refractivity contribution in [3.63, 3.8) is 0 Å². The molecular weight excluding hydrogens is 355 g/mol. The van der Waals surface area contributed by atoms with Gasteiger partial charge in [0.25, 0.3) is 0 Å². The van der Waals surface area contributed by atoms with Gasteiger partial charge in [0.1, 0.15) is 0 Å². The minimum Gasteiger partial charge on any atom is -0.370 e. The van der Waals surface area contributed by atoms with Crippen LogP contribution in [0.5, 0.6) is 0 Å². The zero-order valence-electron chi connectivity index (χ0n) is 11.5. The van der Waals surface area contributed by atoms with E-state index < -0.39 is 0 Å². The Kier molecular flexibility index (Phi) is 8.13. The molecule has 0 aliphatic heterocycles. The average molecular weight is 376 g/mol. The molecule has 0 aliphatic rings. The van der Waals surface area contributed by atoms with Crippen molar-refractivity contribution in [2.24, 2.45) is 10.7 Å². The van der Waals surface area contributed by atoms with Crippen LogP contribution in [0.3, 0.4) is 0 Å². The van der Waals surface area contributed by atoms with Gasteiger partial charge in [0, 0.05) is 26.2 Å². The highest BCUT2D eigenvalue weighted by atomic mass is 127. The van der Waals surface area contributed by atoms with Gasteiger partial charge >= 0.3 is 0 Å². The standard InChI is InChI=1S/C13H20N4O.HI/c1-10-5-4-6-11(9-10)16-13(14)15-8-7-12(18)17(2)3;/h4-6,9H,7-8H2,1-3H3,(H3,14,15,16);1H. The molecule has 0 aliphatic carbocycles. The molecule has 19 heavy (non-hydrogen) atoms. The van der Waals surface area contributed by atoms with Crippen molar-refractivity contribution in [1.82, 2.24) is 4.90 Å². The zero-order chi connectivity index (χ0) is 13.5. The van der Waals surface area contributed by atoms with Crippen molar-refractivity contribution < 1.29 is 4.79 Å². The summed E-state index contributed by atoms with van der Waals surface area (Å²) in [4.78, 5) is 17.0. The number of amides is 1. The normalized spacial score (nSPS) is 10.6. The lowest BCUT2D eigenvalue weighted by Gasteiger charge is -2.09. The number of rotatable bonds is 4. The number of nitrogens with two attached hydrogens (primary N) is 1. The highest BCUT2D eigenvalue weighted by molar-refractivity contribution is 14.0. The van der Waals surface area contributed by atoms with E-state index >= 15 is 0 Å². The first kappa shape index (κ1) is 17.7. The summed E-state index contributed by atoms with van der Waals surface area (Å²) < 4.78 is 0. The lowest BCUT2D eigenvalue weighted by Crippen LogP contribution is -2.25. The highest BCUT2D eigenvalue weighted by Crippen LogP contribution is 2.08. The van der Waals surface area contributed by atoms with Gasteiger partial charge in [-0.1, -0.05) is 12.1 Å². The monoisotopic (exact) mass is 376 g/mol. The van der Waals surface area contributed by atoms with Gasteiger partial charge in [-0.25, -0.2) is 0 Å². The summed E-state index contributed by atoms with van der Waals surface area (Å²) in [6.07, 6.45) is 0.364. The predicted molar refractivity (Wildman–Crippen MR) is 90.0 cm³/mol. The molecule has 3 N–H and O–H groups in total. The van der Waals surface area contributed by atoms with Crippen molar-refractivity contribution in [3.8, 4) is 0 Å². The molecule has 0 bridgehead atoms. The van der Waals surface area contributed by atoms with E-state index in [2.05, 4.69) is 10.3 Å². The Morgan fingerprint density at radius 1 is 1.42 bits per heavy atom. The lowest BCUT2D eigenvalue weighted by atomic mass is 10.2. The summed E-state index contributed by atoms with van der Waals surface area (Å²) in [5.74, 6) is 0.370. The number of guanidine groups is 1. The third-order valence-corrected chi connectivity index (χ3v) is 2.40. The molecule has 0 saturated heterocycles. The van der Waals surface area contributed by atoms with Crippen molar-refractivity contribution in [2.75, 3.05) is 26.0 Å². The quantitative estimate of drug-likeness (QED) is 0.479. The number of aliphatic imine (C=N–C) groups is 1. The van der Waals surface area contributed by atoms with E-state index in [9.17, 15) is 4.79 Å². The number of nitrogens with one attached hydrogen (secondary N) is 1. The Balaban J connectivity index is 0.00000324. The Morgan fingerprint density at radius 3 is 2.68 bits per heavy atom. The summed E-state index contributed by atoms with van der Waals surface area (Å²) in [7, 11) is 3.45. The maximum absolute atomic E-state index is 11.3. The second kappa shape index (κ2) is 8.73. The fourth-order valence-electron chi connectivity index (χ4n) is 1.41. The summed E-state index contributed by atoms with van der Waals surface area (Å²) >= 11 is 0. The molecule has 5 nitrogen and oxygen atoms in total. The molecule has 0 radical (unpaired) electrons. The minimum absolute atomic E-state index is 0. The first-order valence-corrected chi connectivity index (χ1v) is 5.83. The molecule has 1 aromatic carbocycles. The molecule has 0 saturated carbocycles.